The van der Waals surface area contributed by atoms with E-state index in [4.69, 9.17) is 0 Å². The lowest BCUT2D eigenvalue weighted by Gasteiger charge is -2.46. The van der Waals surface area contributed by atoms with Crippen molar-refractivity contribution in [1.82, 2.24) is 0 Å². The molecule has 0 radical (unpaired) electrons. The zero-order valence-corrected chi connectivity index (χ0v) is 33.3. The summed E-state index contributed by atoms with van der Waals surface area (Å²) in [5.74, 6) is 0. The Bertz CT molecular complexity index is 2940. The monoisotopic (exact) mass is 753 g/mol. The lowest BCUT2D eigenvalue weighted by Crippen LogP contribution is -2.40. The summed E-state index contributed by atoms with van der Waals surface area (Å²) in [5.41, 5.74) is 20.9. The van der Waals surface area contributed by atoms with Crippen molar-refractivity contribution < 1.29 is 0 Å². The first-order valence-corrected chi connectivity index (χ1v) is 20.7. The molecule has 1 nitrogen and oxygen atoms in total. The Morgan fingerprint density at radius 2 is 0.678 bits per heavy atom. The van der Waals surface area contributed by atoms with E-state index in [0.29, 0.717) is 0 Å². The Kier molecular flexibility index (Phi) is 8.13. The van der Waals surface area contributed by atoms with Crippen LogP contribution >= 0.6 is 0 Å². The Balaban J connectivity index is 1.04. The molecule has 0 unspecified atom stereocenters. The lowest BCUT2D eigenvalue weighted by atomic mass is 9.55. The van der Waals surface area contributed by atoms with Gasteiger partial charge in [0, 0.05) is 22.5 Å². The standard InChI is InChI=1S/C58H43N/c1-57(2)52-24-11-13-26-54(52)58(55-27-14-12-25-53(55)57)51-23-10-9-22-49(51)50-37-32-45(39-56(50)58)43-30-35-47(36-31-43)59(46-33-28-42(29-34-46)40-16-5-3-6-17-40)48-21-15-20-44(38-48)41-18-7-4-8-19-41/h3-39H,1-2H3. The van der Waals surface area contributed by atoms with Crippen LogP contribution in [0, 0.1) is 0 Å². The van der Waals surface area contributed by atoms with E-state index in [2.05, 4.69) is 243 Å². The van der Waals surface area contributed by atoms with Crippen LogP contribution in [0.2, 0.25) is 0 Å². The fourth-order valence-electron chi connectivity index (χ4n) is 10.2. The minimum atomic E-state index is -0.420. The molecule has 1 spiro atoms. The second-order valence-corrected chi connectivity index (χ2v) is 16.5. The maximum atomic E-state index is 2.49. The fourth-order valence-corrected chi connectivity index (χ4v) is 10.2. The lowest BCUT2D eigenvalue weighted by molar-refractivity contribution is 0.563. The van der Waals surface area contributed by atoms with Gasteiger partial charge in [-0.2, -0.15) is 0 Å². The van der Waals surface area contributed by atoms with Crippen molar-refractivity contribution >= 4 is 17.1 Å². The first kappa shape index (κ1) is 35.0. The number of hydrogen-bond donors (Lipinski definition) is 0. The molecule has 0 heterocycles. The molecule has 0 atom stereocenters. The van der Waals surface area contributed by atoms with Gasteiger partial charge < -0.3 is 4.90 Å². The van der Waals surface area contributed by atoms with E-state index in [1.807, 2.05) is 0 Å². The van der Waals surface area contributed by atoms with Crippen molar-refractivity contribution in [1.29, 1.82) is 0 Å². The molecule has 0 aromatic heterocycles. The molecular weight excluding hydrogens is 711 g/mol. The van der Waals surface area contributed by atoms with Crippen LogP contribution in [0.1, 0.15) is 47.2 Å². The second-order valence-electron chi connectivity index (χ2n) is 16.5. The summed E-state index contributed by atoms with van der Waals surface area (Å²) in [5, 5.41) is 0. The smallest absolute Gasteiger partial charge is 0.0719 e. The van der Waals surface area contributed by atoms with Gasteiger partial charge in [0.15, 0.2) is 0 Å². The third-order valence-electron chi connectivity index (χ3n) is 13.0. The Labute approximate surface area is 347 Å². The Morgan fingerprint density at radius 1 is 0.271 bits per heavy atom. The van der Waals surface area contributed by atoms with E-state index >= 15 is 0 Å². The average molecular weight is 754 g/mol. The minimum absolute atomic E-state index is 0.127. The van der Waals surface area contributed by atoms with Crippen LogP contribution in [-0.4, -0.2) is 0 Å². The van der Waals surface area contributed by atoms with Gasteiger partial charge in [-0.3, -0.25) is 0 Å². The summed E-state index contributed by atoms with van der Waals surface area (Å²) in [6, 6.07) is 82.8. The summed E-state index contributed by atoms with van der Waals surface area (Å²) in [7, 11) is 0. The van der Waals surface area contributed by atoms with Crippen LogP contribution in [0.5, 0.6) is 0 Å². The molecule has 0 aliphatic heterocycles. The van der Waals surface area contributed by atoms with Crippen LogP contribution in [0.15, 0.2) is 224 Å². The second kappa shape index (κ2) is 13.7. The number of benzene rings is 9. The highest BCUT2D eigenvalue weighted by molar-refractivity contribution is 5.91. The predicted octanol–water partition coefficient (Wildman–Crippen LogP) is 15.2. The number of hydrogen-bond acceptors (Lipinski definition) is 1. The van der Waals surface area contributed by atoms with Crippen LogP contribution in [0.25, 0.3) is 44.5 Å². The maximum absolute atomic E-state index is 2.49. The third-order valence-corrected chi connectivity index (χ3v) is 13.0. The molecule has 1 heteroatoms. The molecule has 0 fully saturated rings. The van der Waals surface area contributed by atoms with E-state index in [9.17, 15) is 0 Å². The van der Waals surface area contributed by atoms with Crippen molar-refractivity contribution in [2.75, 3.05) is 4.90 Å². The van der Waals surface area contributed by atoms with E-state index in [0.717, 1.165) is 17.1 Å². The highest BCUT2D eigenvalue weighted by Crippen LogP contribution is 2.62. The summed E-state index contributed by atoms with van der Waals surface area (Å²) in [6.07, 6.45) is 0. The molecule has 0 saturated carbocycles. The minimum Gasteiger partial charge on any atom is -0.310 e. The number of anilines is 3. The van der Waals surface area contributed by atoms with Gasteiger partial charge in [-0.05, 0) is 120 Å². The first-order chi connectivity index (χ1) is 29.0. The summed E-state index contributed by atoms with van der Waals surface area (Å²) < 4.78 is 0. The highest BCUT2D eigenvalue weighted by Gasteiger charge is 2.53. The molecule has 0 amide bonds. The van der Waals surface area contributed by atoms with Crippen molar-refractivity contribution in [3.05, 3.63) is 258 Å². The number of rotatable bonds is 6. The molecule has 11 rings (SSSR count). The summed E-state index contributed by atoms with van der Waals surface area (Å²) >= 11 is 0. The van der Waals surface area contributed by atoms with Crippen molar-refractivity contribution in [2.24, 2.45) is 0 Å². The first-order valence-electron chi connectivity index (χ1n) is 20.7. The fraction of sp³-hybridized carbons (Fsp3) is 0.0690. The molecular formula is C58H43N. The summed E-state index contributed by atoms with van der Waals surface area (Å²) in [4.78, 5) is 2.37. The van der Waals surface area contributed by atoms with Gasteiger partial charge in [0.2, 0.25) is 0 Å². The van der Waals surface area contributed by atoms with Crippen LogP contribution in [0.4, 0.5) is 17.1 Å². The molecule has 0 bridgehead atoms. The average Bonchev–Trinajstić information content (AvgIpc) is 3.60. The summed E-state index contributed by atoms with van der Waals surface area (Å²) in [6.45, 7) is 4.77. The molecule has 59 heavy (non-hydrogen) atoms. The molecule has 0 saturated heterocycles. The van der Waals surface area contributed by atoms with Crippen LogP contribution < -0.4 is 4.90 Å². The predicted molar refractivity (Wildman–Crippen MR) is 247 cm³/mol. The molecule has 0 N–H and O–H groups in total. The highest BCUT2D eigenvalue weighted by atomic mass is 15.1. The van der Waals surface area contributed by atoms with Gasteiger partial charge >= 0.3 is 0 Å². The van der Waals surface area contributed by atoms with E-state index in [1.54, 1.807) is 0 Å². The van der Waals surface area contributed by atoms with E-state index < -0.39 is 5.41 Å². The van der Waals surface area contributed by atoms with Gasteiger partial charge in [0.05, 0.1) is 5.41 Å². The van der Waals surface area contributed by atoms with Gasteiger partial charge in [-0.25, -0.2) is 0 Å². The molecule has 2 aliphatic carbocycles. The van der Waals surface area contributed by atoms with Gasteiger partial charge in [-0.1, -0.05) is 196 Å². The van der Waals surface area contributed by atoms with Crippen molar-refractivity contribution in [3.63, 3.8) is 0 Å². The van der Waals surface area contributed by atoms with Gasteiger partial charge in [0.1, 0.15) is 0 Å². The molecule has 9 aromatic rings. The number of fused-ring (bicyclic) bond motifs is 9. The Hall–Kier alpha value is -7.22. The molecule has 280 valence electrons. The zero-order chi connectivity index (χ0) is 39.6. The normalized spacial score (nSPS) is 13.9. The van der Waals surface area contributed by atoms with Gasteiger partial charge in [0.25, 0.3) is 0 Å². The largest absolute Gasteiger partial charge is 0.310 e. The topological polar surface area (TPSA) is 3.24 Å². The number of nitrogens with zero attached hydrogens (tertiary/aromatic N) is 1. The SMILES string of the molecule is CC1(C)c2ccccc2C2(c3ccccc3-c3ccc(-c4ccc(N(c5ccc(-c6ccccc6)cc5)c5cccc(-c6ccccc6)c5)cc4)cc32)c2ccccc21. The Morgan fingerprint density at radius 3 is 1.27 bits per heavy atom. The maximum Gasteiger partial charge on any atom is 0.0719 e. The van der Waals surface area contributed by atoms with Crippen molar-refractivity contribution in [2.45, 2.75) is 24.7 Å². The van der Waals surface area contributed by atoms with Crippen LogP contribution in [0.3, 0.4) is 0 Å². The van der Waals surface area contributed by atoms with Crippen LogP contribution in [-0.2, 0) is 10.8 Å². The molecule has 2 aliphatic rings. The van der Waals surface area contributed by atoms with E-state index in [1.165, 1.54) is 77.9 Å². The van der Waals surface area contributed by atoms with E-state index in [-0.39, 0.29) is 5.41 Å². The zero-order valence-electron chi connectivity index (χ0n) is 33.3. The quantitative estimate of drug-likeness (QED) is 0.163. The third kappa shape index (κ3) is 5.46. The van der Waals surface area contributed by atoms with Gasteiger partial charge in [-0.15, -0.1) is 0 Å². The molecule has 9 aromatic carbocycles. The van der Waals surface area contributed by atoms with Crippen molar-refractivity contribution in [3.8, 4) is 44.5 Å².